The molecule has 0 atom stereocenters. The summed E-state index contributed by atoms with van der Waals surface area (Å²) in [4.78, 5) is 25.3. The van der Waals surface area contributed by atoms with E-state index in [0.29, 0.717) is 13.2 Å². The molecular formula is C15H18N4O2S. The minimum Gasteiger partial charge on any atom is -0.378 e. The summed E-state index contributed by atoms with van der Waals surface area (Å²) in [5.41, 5.74) is 2.21. The van der Waals surface area contributed by atoms with Crippen molar-refractivity contribution < 1.29 is 9.53 Å². The molecule has 0 spiro atoms. The van der Waals surface area contributed by atoms with Crippen LogP contribution in [0.3, 0.4) is 0 Å². The standard InChI is InChI=1S/C15H18N4O2S/c1-10-8-22-13-12(10)16-9-17-14(13)19-6-11(7-19)15(20)18-2-4-21-5-3-18/h8-9,11H,2-7H2,1H3. The van der Waals surface area contributed by atoms with E-state index in [9.17, 15) is 4.79 Å². The smallest absolute Gasteiger partial charge is 0.229 e. The number of amides is 1. The summed E-state index contributed by atoms with van der Waals surface area (Å²) in [7, 11) is 0. The summed E-state index contributed by atoms with van der Waals surface area (Å²) in [6.07, 6.45) is 1.62. The minimum absolute atomic E-state index is 0.0872. The van der Waals surface area contributed by atoms with E-state index in [2.05, 4.69) is 27.2 Å². The molecule has 6 nitrogen and oxygen atoms in total. The number of fused-ring (bicyclic) bond motifs is 1. The third kappa shape index (κ3) is 2.24. The molecule has 0 bridgehead atoms. The number of aryl methyl sites for hydroxylation is 1. The summed E-state index contributed by atoms with van der Waals surface area (Å²) < 4.78 is 6.42. The highest BCUT2D eigenvalue weighted by atomic mass is 32.1. The van der Waals surface area contributed by atoms with Crippen molar-refractivity contribution in [2.24, 2.45) is 5.92 Å². The van der Waals surface area contributed by atoms with Gasteiger partial charge < -0.3 is 14.5 Å². The van der Waals surface area contributed by atoms with E-state index in [-0.39, 0.29) is 11.8 Å². The highest BCUT2D eigenvalue weighted by molar-refractivity contribution is 7.18. The molecule has 2 aromatic rings. The Kier molecular flexibility index (Phi) is 3.46. The van der Waals surface area contributed by atoms with Crippen LogP contribution in [0.1, 0.15) is 5.56 Å². The van der Waals surface area contributed by atoms with Gasteiger partial charge in [0.05, 0.1) is 29.3 Å². The van der Waals surface area contributed by atoms with E-state index in [1.54, 1.807) is 17.7 Å². The molecule has 22 heavy (non-hydrogen) atoms. The van der Waals surface area contributed by atoms with Crippen molar-refractivity contribution in [1.29, 1.82) is 0 Å². The van der Waals surface area contributed by atoms with Crippen molar-refractivity contribution in [2.75, 3.05) is 44.3 Å². The fourth-order valence-corrected chi connectivity index (χ4v) is 4.05. The number of carbonyl (C=O) groups is 1. The molecule has 0 aliphatic carbocycles. The SMILES string of the molecule is Cc1csc2c(N3CC(C(=O)N4CCOCC4)C3)ncnc12. The van der Waals surface area contributed by atoms with Crippen LogP contribution in [0.25, 0.3) is 10.2 Å². The predicted octanol–water partition coefficient (Wildman–Crippen LogP) is 1.29. The average molecular weight is 318 g/mol. The second-order valence-electron chi connectivity index (χ2n) is 5.83. The lowest BCUT2D eigenvalue weighted by molar-refractivity contribution is -0.140. The largest absolute Gasteiger partial charge is 0.378 e. The van der Waals surface area contributed by atoms with E-state index >= 15 is 0 Å². The number of aromatic nitrogens is 2. The lowest BCUT2D eigenvalue weighted by Crippen LogP contribution is -2.56. The number of carbonyl (C=O) groups excluding carboxylic acids is 1. The molecule has 0 saturated carbocycles. The topological polar surface area (TPSA) is 58.6 Å². The van der Waals surface area contributed by atoms with Crippen LogP contribution in [0.4, 0.5) is 5.82 Å². The maximum absolute atomic E-state index is 12.4. The molecule has 7 heteroatoms. The van der Waals surface area contributed by atoms with Crippen molar-refractivity contribution in [3.63, 3.8) is 0 Å². The zero-order valence-electron chi connectivity index (χ0n) is 12.5. The Bertz CT molecular complexity index is 705. The molecule has 4 rings (SSSR count). The van der Waals surface area contributed by atoms with Gasteiger partial charge in [0.1, 0.15) is 12.1 Å². The number of nitrogens with zero attached hydrogens (tertiary/aromatic N) is 4. The van der Waals surface area contributed by atoms with Gasteiger partial charge in [0, 0.05) is 26.2 Å². The van der Waals surface area contributed by atoms with Gasteiger partial charge >= 0.3 is 0 Å². The maximum Gasteiger partial charge on any atom is 0.229 e. The molecule has 4 heterocycles. The first-order valence-corrected chi connectivity index (χ1v) is 8.42. The first kappa shape index (κ1) is 13.9. The van der Waals surface area contributed by atoms with Crippen molar-refractivity contribution in [3.8, 4) is 0 Å². The minimum atomic E-state index is 0.0872. The number of morpholine rings is 1. The van der Waals surface area contributed by atoms with E-state index in [4.69, 9.17) is 4.74 Å². The molecular weight excluding hydrogens is 300 g/mol. The Morgan fingerprint density at radius 1 is 1.32 bits per heavy atom. The van der Waals surface area contributed by atoms with Gasteiger partial charge in [-0.2, -0.15) is 0 Å². The second kappa shape index (κ2) is 5.48. The van der Waals surface area contributed by atoms with Gasteiger partial charge in [-0.15, -0.1) is 11.3 Å². The summed E-state index contributed by atoms with van der Waals surface area (Å²) in [6, 6.07) is 0. The molecule has 1 amide bonds. The number of rotatable bonds is 2. The Balaban J connectivity index is 1.47. The van der Waals surface area contributed by atoms with Gasteiger partial charge in [-0.25, -0.2) is 9.97 Å². The predicted molar refractivity (Wildman–Crippen MR) is 85.3 cm³/mol. The lowest BCUT2D eigenvalue weighted by Gasteiger charge is -2.42. The summed E-state index contributed by atoms with van der Waals surface area (Å²) in [6.45, 7) is 6.32. The molecule has 2 fully saturated rings. The van der Waals surface area contributed by atoms with Gasteiger partial charge in [-0.05, 0) is 17.9 Å². The fourth-order valence-electron chi connectivity index (χ4n) is 3.03. The first-order valence-electron chi connectivity index (χ1n) is 7.54. The number of ether oxygens (including phenoxy) is 1. The zero-order valence-corrected chi connectivity index (χ0v) is 13.3. The molecule has 0 unspecified atom stereocenters. The molecule has 0 aromatic carbocycles. The fraction of sp³-hybridized carbons (Fsp3) is 0.533. The van der Waals surface area contributed by atoms with Crippen molar-refractivity contribution in [2.45, 2.75) is 6.92 Å². The zero-order chi connectivity index (χ0) is 15.1. The first-order chi connectivity index (χ1) is 10.7. The van der Waals surface area contributed by atoms with Crippen LogP contribution >= 0.6 is 11.3 Å². The van der Waals surface area contributed by atoms with Crippen LogP contribution in [0.5, 0.6) is 0 Å². The van der Waals surface area contributed by atoms with Gasteiger partial charge in [0.25, 0.3) is 0 Å². The van der Waals surface area contributed by atoms with Crippen LogP contribution in [0.2, 0.25) is 0 Å². The number of hydrogen-bond acceptors (Lipinski definition) is 6. The molecule has 2 saturated heterocycles. The van der Waals surface area contributed by atoms with Crippen LogP contribution in [-0.4, -0.2) is 60.2 Å². The van der Waals surface area contributed by atoms with Crippen LogP contribution in [0, 0.1) is 12.8 Å². The monoisotopic (exact) mass is 318 g/mol. The van der Waals surface area contributed by atoms with Crippen molar-refractivity contribution in [3.05, 3.63) is 17.3 Å². The maximum atomic E-state index is 12.4. The molecule has 2 aliphatic heterocycles. The summed E-state index contributed by atoms with van der Waals surface area (Å²) in [5.74, 6) is 1.31. The Morgan fingerprint density at radius 3 is 2.86 bits per heavy atom. The quantitative estimate of drug-likeness (QED) is 0.835. The van der Waals surface area contributed by atoms with E-state index < -0.39 is 0 Å². The van der Waals surface area contributed by atoms with Gasteiger partial charge in [0.2, 0.25) is 5.91 Å². The van der Waals surface area contributed by atoms with E-state index in [1.165, 1.54) is 5.56 Å². The normalized spacial score (nSPS) is 19.5. The third-order valence-corrected chi connectivity index (χ3v) is 5.45. The van der Waals surface area contributed by atoms with Gasteiger partial charge in [-0.3, -0.25) is 4.79 Å². The number of thiophene rings is 1. The second-order valence-corrected chi connectivity index (χ2v) is 6.71. The van der Waals surface area contributed by atoms with E-state index in [1.807, 2.05) is 4.90 Å². The van der Waals surface area contributed by atoms with Crippen LogP contribution in [0.15, 0.2) is 11.7 Å². The molecule has 116 valence electrons. The Labute approximate surface area is 132 Å². The highest BCUT2D eigenvalue weighted by Gasteiger charge is 2.37. The Morgan fingerprint density at radius 2 is 2.09 bits per heavy atom. The molecule has 0 radical (unpaired) electrons. The highest BCUT2D eigenvalue weighted by Crippen LogP contribution is 2.34. The molecule has 2 aliphatic rings. The third-order valence-electron chi connectivity index (χ3n) is 4.37. The van der Waals surface area contributed by atoms with Crippen LogP contribution < -0.4 is 4.90 Å². The lowest BCUT2D eigenvalue weighted by atomic mass is 9.98. The van der Waals surface area contributed by atoms with Gasteiger partial charge in [0.15, 0.2) is 0 Å². The van der Waals surface area contributed by atoms with Crippen molar-refractivity contribution >= 4 is 33.3 Å². The summed E-state index contributed by atoms with van der Waals surface area (Å²) >= 11 is 1.68. The van der Waals surface area contributed by atoms with Gasteiger partial charge in [-0.1, -0.05) is 0 Å². The Hall–Kier alpha value is -1.73. The van der Waals surface area contributed by atoms with Crippen molar-refractivity contribution in [1.82, 2.24) is 14.9 Å². The number of hydrogen-bond donors (Lipinski definition) is 0. The molecule has 2 aromatic heterocycles. The number of anilines is 1. The summed E-state index contributed by atoms with van der Waals surface area (Å²) in [5, 5.41) is 2.11. The van der Waals surface area contributed by atoms with Crippen LogP contribution in [-0.2, 0) is 9.53 Å². The van der Waals surface area contributed by atoms with E-state index in [0.717, 1.165) is 42.2 Å². The molecule has 0 N–H and O–H groups in total. The average Bonchev–Trinajstić information content (AvgIpc) is 2.89.